The normalized spacial score (nSPS) is 23.9. The third-order valence-corrected chi connectivity index (χ3v) is 7.17. The Bertz CT molecular complexity index is 751. The number of benzene rings is 1. The topological polar surface area (TPSA) is 66.0 Å². The molecule has 30 heavy (non-hydrogen) atoms. The lowest BCUT2D eigenvalue weighted by atomic mass is 9.88. The summed E-state index contributed by atoms with van der Waals surface area (Å²) in [6, 6.07) is 8.71. The van der Waals surface area contributed by atoms with Gasteiger partial charge in [-0.1, -0.05) is 31.4 Å². The number of ether oxygens (including phenoxy) is 1. The highest BCUT2D eigenvalue weighted by Crippen LogP contribution is 2.47. The minimum absolute atomic E-state index is 0.197. The van der Waals surface area contributed by atoms with Gasteiger partial charge in [0.05, 0.1) is 7.11 Å². The first kappa shape index (κ1) is 21.0. The summed E-state index contributed by atoms with van der Waals surface area (Å²) in [4.78, 5) is 19.3. The molecule has 0 aromatic heterocycles. The maximum absolute atomic E-state index is 12.8. The maximum atomic E-state index is 12.8. The highest BCUT2D eigenvalue weighted by atomic mass is 16.5. The molecule has 6 heteroatoms. The summed E-state index contributed by atoms with van der Waals surface area (Å²) in [5, 5.41) is 7.09. The Kier molecular flexibility index (Phi) is 6.49. The Morgan fingerprint density at radius 3 is 2.53 bits per heavy atom. The van der Waals surface area contributed by atoms with E-state index >= 15 is 0 Å². The van der Waals surface area contributed by atoms with Crippen molar-refractivity contribution in [1.29, 1.82) is 0 Å². The Morgan fingerprint density at radius 2 is 1.90 bits per heavy atom. The van der Waals surface area contributed by atoms with Gasteiger partial charge in [-0.2, -0.15) is 0 Å². The van der Waals surface area contributed by atoms with Crippen molar-refractivity contribution in [3.63, 3.8) is 0 Å². The number of rotatable bonds is 6. The van der Waals surface area contributed by atoms with Gasteiger partial charge in [-0.3, -0.25) is 9.79 Å². The molecule has 1 aliphatic heterocycles. The van der Waals surface area contributed by atoms with Crippen LogP contribution in [0.1, 0.15) is 56.9 Å². The number of hydrogen-bond donors (Lipinski definition) is 2. The van der Waals surface area contributed by atoms with Gasteiger partial charge in [-0.15, -0.1) is 0 Å². The molecule has 2 saturated carbocycles. The molecule has 1 amide bonds. The third kappa shape index (κ3) is 4.73. The molecule has 3 aliphatic rings. The van der Waals surface area contributed by atoms with E-state index in [0.717, 1.165) is 50.6 Å². The molecular formula is C24H36N4O2. The molecule has 1 saturated heterocycles. The smallest absolute Gasteiger partial charge is 0.225 e. The second-order valence-electron chi connectivity index (χ2n) is 9.18. The highest BCUT2D eigenvalue weighted by molar-refractivity contribution is 5.81. The number of amides is 1. The average molecular weight is 413 g/mol. The van der Waals surface area contributed by atoms with Crippen molar-refractivity contribution in [2.24, 2.45) is 10.9 Å². The predicted molar refractivity (Wildman–Crippen MR) is 120 cm³/mol. The van der Waals surface area contributed by atoms with E-state index in [1.54, 1.807) is 7.11 Å². The van der Waals surface area contributed by atoms with E-state index in [1.807, 2.05) is 19.2 Å². The van der Waals surface area contributed by atoms with Crippen molar-refractivity contribution < 1.29 is 9.53 Å². The molecule has 1 aromatic rings. The van der Waals surface area contributed by atoms with Crippen LogP contribution in [0.15, 0.2) is 29.3 Å². The van der Waals surface area contributed by atoms with E-state index in [9.17, 15) is 4.79 Å². The number of methoxy groups -OCH3 is 1. The van der Waals surface area contributed by atoms with Crippen LogP contribution in [0.3, 0.4) is 0 Å². The van der Waals surface area contributed by atoms with Gasteiger partial charge in [0.1, 0.15) is 5.75 Å². The first-order valence-corrected chi connectivity index (χ1v) is 11.5. The molecule has 0 radical (unpaired) electrons. The van der Waals surface area contributed by atoms with Gasteiger partial charge < -0.3 is 20.3 Å². The minimum Gasteiger partial charge on any atom is -0.497 e. The van der Waals surface area contributed by atoms with Gasteiger partial charge in [0.25, 0.3) is 0 Å². The third-order valence-electron chi connectivity index (χ3n) is 7.17. The zero-order chi connectivity index (χ0) is 21.0. The highest BCUT2D eigenvalue weighted by Gasteiger charge is 2.44. The lowest BCUT2D eigenvalue weighted by molar-refractivity contribution is -0.135. The quantitative estimate of drug-likeness (QED) is 0.557. The second kappa shape index (κ2) is 9.27. The van der Waals surface area contributed by atoms with Crippen molar-refractivity contribution in [1.82, 2.24) is 15.5 Å². The lowest BCUT2D eigenvalue weighted by Crippen LogP contribution is -2.47. The standard InChI is InChI=1S/C24H36N4O2/c1-25-23(26-17-24(13-14-24)19-8-10-21(30-2)11-9-19)27-20-12-15-28(16-20)22(29)18-6-4-3-5-7-18/h8-11,18,20H,3-7,12-17H2,1-2H3,(H2,25,26,27). The molecule has 2 N–H and O–H groups in total. The number of guanidine groups is 1. The fraction of sp³-hybridized carbons (Fsp3) is 0.667. The number of carbonyl (C=O) groups excluding carboxylic acids is 1. The molecule has 0 bridgehead atoms. The molecule has 3 fully saturated rings. The Balaban J connectivity index is 1.26. The summed E-state index contributed by atoms with van der Waals surface area (Å²) in [5.41, 5.74) is 1.55. The Hall–Kier alpha value is -2.24. The van der Waals surface area contributed by atoms with Crippen LogP contribution >= 0.6 is 0 Å². The first-order valence-electron chi connectivity index (χ1n) is 11.5. The molecule has 1 aromatic carbocycles. The van der Waals surface area contributed by atoms with Gasteiger partial charge in [-0.05, 0) is 49.8 Å². The molecule has 4 rings (SSSR count). The van der Waals surface area contributed by atoms with Crippen LogP contribution in [0.2, 0.25) is 0 Å². The van der Waals surface area contributed by atoms with Crippen LogP contribution in [0, 0.1) is 5.92 Å². The molecular weight excluding hydrogens is 376 g/mol. The van der Waals surface area contributed by atoms with Crippen molar-refractivity contribution in [3.05, 3.63) is 29.8 Å². The second-order valence-corrected chi connectivity index (χ2v) is 9.18. The van der Waals surface area contributed by atoms with E-state index in [0.29, 0.717) is 5.91 Å². The van der Waals surface area contributed by atoms with Gasteiger partial charge in [-0.25, -0.2) is 0 Å². The van der Waals surface area contributed by atoms with Crippen LogP contribution in [0.5, 0.6) is 5.75 Å². The Morgan fingerprint density at radius 1 is 1.17 bits per heavy atom. The summed E-state index contributed by atoms with van der Waals surface area (Å²) in [6.45, 7) is 2.52. The molecule has 2 aliphatic carbocycles. The van der Waals surface area contributed by atoms with E-state index in [-0.39, 0.29) is 17.4 Å². The number of nitrogens with one attached hydrogen (secondary N) is 2. The first-order chi connectivity index (χ1) is 14.6. The fourth-order valence-corrected chi connectivity index (χ4v) is 4.99. The summed E-state index contributed by atoms with van der Waals surface area (Å²) in [5.74, 6) is 2.37. The summed E-state index contributed by atoms with van der Waals surface area (Å²) in [6.07, 6.45) is 9.22. The zero-order valence-electron chi connectivity index (χ0n) is 18.5. The maximum Gasteiger partial charge on any atom is 0.225 e. The molecule has 0 spiro atoms. The largest absolute Gasteiger partial charge is 0.497 e. The summed E-state index contributed by atoms with van der Waals surface area (Å²) < 4.78 is 5.28. The van der Waals surface area contributed by atoms with E-state index < -0.39 is 0 Å². The van der Waals surface area contributed by atoms with E-state index in [2.05, 4.69) is 32.7 Å². The van der Waals surface area contributed by atoms with Crippen LogP contribution in [0.4, 0.5) is 0 Å². The number of likely N-dealkylation sites (tertiary alicyclic amines) is 1. The summed E-state index contributed by atoms with van der Waals surface area (Å²) >= 11 is 0. The van der Waals surface area contributed by atoms with Gasteiger partial charge in [0.2, 0.25) is 5.91 Å². The number of carbonyl (C=O) groups is 1. The molecule has 1 unspecified atom stereocenters. The summed E-state index contributed by atoms with van der Waals surface area (Å²) in [7, 11) is 3.52. The lowest BCUT2D eigenvalue weighted by Gasteiger charge is -2.26. The van der Waals surface area contributed by atoms with Crippen LogP contribution < -0.4 is 15.4 Å². The SMILES string of the molecule is CN=C(NCC1(c2ccc(OC)cc2)CC1)NC1CCN(C(=O)C2CCCCC2)C1. The van der Waals surface area contributed by atoms with E-state index in [1.165, 1.54) is 37.7 Å². The Labute approximate surface area is 180 Å². The fourth-order valence-electron chi connectivity index (χ4n) is 4.99. The minimum atomic E-state index is 0.197. The van der Waals surface area contributed by atoms with Crippen LogP contribution in [0.25, 0.3) is 0 Å². The van der Waals surface area contributed by atoms with Gasteiger partial charge >= 0.3 is 0 Å². The molecule has 1 atom stereocenters. The van der Waals surface area contributed by atoms with Gasteiger partial charge in [0.15, 0.2) is 5.96 Å². The van der Waals surface area contributed by atoms with Gasteiger partial charge in [0, 0.05) is 44.1 Å². The zero-order valence-corrected chi connectivity index (χ0v) is 18.5. The van der Waals surface area contributed by atoms with Crippen LogP contribution in [-0.4, -0.2) is 56.6 Å². The molecule has 164 valence electrons. The van der Waals surface area contributed by atoms with Crippen LogP contribution in [-0.2, 0) is 10.2 Å². The number of aliphatic imine (C=N–C) groups is 1. The molecule has 6 nitrogen and oxygen atoms in total. The predicted octanol–water partition coefficient (Wildman–Crippen LogP) is 3.07. The number of nitrogens with zero attached hydrogens (tertiary/aromatic N) is 2. The monoisotopic (exact) mass is 412 g/mol. The molecule has 1 heterocycles. The van der Waals surface area contributed by atoms with E-state index in [4.69, 9.17) is 4.74 Å². The average Bonchev–Trinajstić information content (AvgIpc) is 3.46. The van der Waals surface area contributed by atoms with Crippen molar-refractivity contribution in [3.8, 4) is 5.75 Å². The van der Waals surface area contributed by atoms with Crippen molar-refractivity contribution >= 4 is 11.9 Å². The van der Waals surface area contributed by atoms with Crippen molar-refractivity contribution in [2.45, 2.75) is 62.8 Å². The van der Waals surface area contributed by atoms with Crippen molar-refractivity contribution in [2.75, 3.05) is 33.8 Å². The number of hydrogen-bond acceptors (Lipinski definition) is 3.